The molecule has 3 rings (SSSR count). The summed E-state index contributed by atoms with van der Waals surface area (Å²) in [6, 6.07) is 21.5. The quantitative estimate of drug-likeness (QED) is 0.691. The lowest BCUT2D eigenvalue weighted by atomic mass is 10.1. The Hall–Kier alpha value is -3.67. The number of hydrogen-bond acceptors (Lipinski definition) is 2. The first kappa shape index (κ1) is 19.1. The monoisotopic (exact) mass is 377 g/mol. The van der Waals surface area contributed by atoms with Gasteiger partial charge >= 0.3 is 6.03 Å². The third kappa shape index (κ3) is 4.73. The van der Waals surface area contributed by atoms with Crippen molar-refractivity contribution in [2.45, 2.75) is 6.54 Å². The molecule has 0 unspecified atom stereocenters. The number of halogens is 1. The van der Waals surface area contributed by atoms with Crippen molar-refractivity contribution >= 4 is 23.3 Å². The number of para-hydroxylation sites is 2. The van der Waals surface area contributed by atoms with E-state index in [1.54, 1.807) is 55.6 Å². The van der Waals surface area contributed by atoms with Crippen molar-refractivity contribution in [3.05, 3.63) is 95.8 Å². The zero-order valence-corrected chi connectivity index (χ0v) is 15.4. The molecule has 0 atom stereocenters. The van der Waals surface area contributed by atoms with Gasteiger partial charge in [0.1, 0.15) is 5.82 Å². The van der Waals surface area contributed by atoms with Gasteiger partial charge in [-0.25, -0.2) is 9.18 Å². The van der Waals surface area contributed by atoms with E-state index in [0.29, 0.717) is 16.9 Å². The maximum absolute atomic E-state index is 13.0. The first-order valence-electron chi connectivity index (χ1n) is 8.76. The number of carbonyl (C=O) groups excluding carboxylic acids is 2. The average Bonchev–Trinajstić information content (AvgIpc) is 2.73. The summed E-state index contributed by atoms with van der Waals surface area (Å²) in [4.78, 5) is 26.6. The van der Waals surface area contributed by atoms with E-state index in [1.165, 1.54) is 17.0 Å². The van der Waals surface area contributed by atoms with E-state index in [1.807, 2.05) is 18.2 Å². The van der Waals surface area contributed by atoms with Crippen molar-refractivity contribution in [1.82, 2.24) is 5.32 Å². The maximum Gasteiger partial charge on any atom is 0.326 e. The van der Waals surface area contributed by atoms with Crippen LogP contribution < -0.4 is 15.5 Å². The van der Waals surface area contributed by atoms with Crippen LogP contribution in [0.5, 0.6) is 0 Å². The van der Waals surface area contributed by atoms with Crippen LogP contribution in [-0.2, 0) is 6.54 Å². The number of benzene rings is 3. The van der Waals surface area contributed by atoms with Crippen LogP contribution in [-0.4, -0.2) is 19.0 Å². The summed E-state index contributed by atoms with van der Waals surface area (Å²) in [5.74, 6) is -0.647. The molecule has 3 aromatic carbocycles. The number of rotatable bonds is 5. The minimum atomic E-state index is -0.356. The zero-order valence-electron chi connectivity index (χ0n) is 15.4. The van der Waals surface area contributed by atoms with Gasteiger partial charge in [0, 0.05) is 19.3 Å². The van der Waals surface area contributed by atoms with Crippen LogP contribution in [0.1, 0.15) is 15.9 Å². The predicted octanol–water partition coefficient (Wildman–Crippen LogP) is 4.42. The highest BCUT2D eigenvalue weighted by molar-refractivity contribution is 6.07. The van der Waals surface area contributed by atoms with E-state index < -0.39 is 0 Å². The van der Waals surface area contributed by atoms with Crippen LogP contribution in [0, 0.1) is 5.82 Å². The van der Waals surface area contributed by atoms with Crippen LogP contribution in [0.2, 0.25) is 0 Å². The number of nitrogens with zero attached hydrogens (tertiary/aromatic N) is 1. The van der Waals surface area contributed by atoms with Gasteiger partial charge < -0.3 is 10.6 Å². The van der Waals surface area contributed by atoms with E-state index in [9.17, 15) is 14.0 Å². The molecule has 3 amide bonds. The Labute approximate surface area is 162 Å². The fraction of sp³-hybridized carbons (Fsp3) is 0.0909. The Morgan fingerprint density at radius 1 is 0.893 bits per heavy atom. The second kappa shape index (κ2) is 8.81. The average molecular weight is 377 g/mol. The van der Waals surface area contributed by atoms with Gasteiger partial charge in [0.05, 0.1) is 11.3 Å². The number of anilines is 2. The Bertz CT molecular complexity index is 959. The fourth-order valence-corrected chi connectivity index (χ4v) is 2.68. The van der Waals surface area contributed by atoms with Crippen molar-refractivity contribution in [2.24, 2.45) is 0 Å². The van der Waals surface area contributed by atoms with Gasteiger partial charge in [0.15, 0.2) is 0 Å². The molecule has 0 aliphatic rings. The van der Waals surface area contributed by atoms with Crippen molar-refractivity contribution in [1.29, 1.82) is 0 Å². The van der Waals surface area contributed by atoms with E-state index in [2.05, 4.69) is 10.6 Å². The van der Waals surface area contributed by atoms with E-state index in [0.717, 1.165) is 5.56 Å². The standard InChI is InChI=1S/C22H20FN3O2/c1-26(22(28)25-18-7-3-2-4-8-18)20-10-6-5-9-19(20)21(27)24-15-16-11-13-17(23)14-12-16/h2-14H,15H2,1H3,(H,24,27)(H,25,28). The Morgan fingerprint density at radius 2 is 1.54 bits per heavy atom. The van der Waals surface area contributed by atoms with Gasteiger partial charge in [-0.2, -0.15) is 0 Å². The van der Waals surface area contributed by atoms with Gasteiger partial charge in [0.2, 0.25) is 0 Å². The molecule has 142 valence electrons. The van der Waals surface area contributed by atoms with Crippen LogP contribution in [0.3, 0.4) is 0 Å². The molecule has 0 saturated carbocycles. The summed E-state index contributed by atoms with van der Waals surface area (Å²) in [5, 5.41) is 5.59. The lowest BCUT2D eigenvalue weighted by Gasteiger charge is -2.21. The molecule has 0 heterocycles. The largest absolute Gasteiger partial charge is 0.348 e. The molecule has 0 aliphatic carbocycles. The SMILES string of the molecule is CN(C(=O)Nc1ccccc1)c1ccccc1C(=O)NCc1ccc(F)cc1. The summed E-state index contributed by atoms with van der Waals surface area (Å²) in [6.45, 7) is 0.257. The first-order valence-corrected chi connectivity index (χ1v) is 8.76. The third-order valence-electron chi connectivity index (χ3n) is 4.21. The summed E-state index contributed by atoms with van der Waals surface area (Å²) >= 11 is 0. The van der Waals surface area contributed by atoms with Crippen LogP contribution in [0.4, 0.5) is 20.6 Å². The number of nitrogens with one attached hydrogen (secondary N) is 2. The summed E-state index contributed by atoms with van der Waals surface area (Å²) in [7, 11) is 1.60. The van der Waals surface area contributed by atoms with Crippen molar-refractivity contribution in [3.8, 4) is 0 Å². The molecule has 0 spiro atoms. The second-order valence-corrected chi connectivity index (χ2v) is 6.18. The van der Waals surface area contributed by atoms with Gasteiger partial charge in [0.25, 0.3) is 5.91 Å². The molecule has 0 radical (unpaired) electrons. The van der Waals surface area contributed by atoms with Crippen molar-refractivity contribution in [3.63, 3.8) is 0 Å². The van der Waals surface area contributed by atoms with Crippen LogP contribution >= 0.6 is 0 Å². The molecule has 5 nitrogen and oxygen atoms in total. The van der Waals surface area contributed by atoms with Crippen molar-refractivity contribution in [2.75, 3.05) is 17.3 Å². The molecular formula is C22H20FN3O2. The molecule has 0 fully saturated rings. The molecule has 6 heteroatoms. The van der Waals surface area contributed by atoms with Gasteiger partial charge in [-0.15, -0.1) is 0 Å². The minimum absolute atomic E-state index is 0.257. The first-order chi connectivity index (χ1) is 13.5. The van der Waals surface area contributed by atoms with E-state index in [4.69, 9.17) is 0 Å². The van der Waals surface area contributed by atoms with Crippen molar-refractivity contribution < 1.29 is 14.0 Å². The predicted molar refractivity (Wildman–Crippen MR) is 108 cm³/mol. The maximum atomic E-state index is 13.0. The second-order valence-electron chi connectivity index (χ2n) is 6.18. The highest BCUT2D eigenvalue weighted by Gasteiger charge is 2.18. The smallest absolute Gasteiger partial charge is 0.326 e. The number of urea groups is 1. The molecular weight excluding hydrogens is 357 g/mol. The summed E-state index contributed by atoms with van der Waals surface area (Å²) in [6.07, 6.45) is 0. The third-order valence-corrected chi connectivity index (χ3v) is 4.21. The molecule has 0 saturated heterocycles. The number of hydrogen-bond donors (Lipinski definition) is 2. The van der Waals surface area contributed by atoms with Crippen LogP contribution in [0.15, 0.2) is 78.9 Å². The minimum Gasteiger partial charge on any atom is -0.348 e. The molecule has 0 bridgehead atoms. The van der Waals surface area contributed by atoms with Gasteiger partial charge in [-0.3, -0.25) is 9.69 Å². The molecule has 2 N–H and O–H groups in total. The highest BCUT2D eigenvalue weighted by Crippen LogP contribution is 2.20. The number of amides is 3. The van der Waals surface area contributed by atoms with Crippen LogP contribution in [0.25, 0.3) is 0 Å². The molecule has 28 heavy (non-hydrogen) atoms. The topological polar surface area (TPSA) is 61.4 Å². The lowest BCUT2D eigenvalue weighted by Crippen LogP contribution is -2.33. The Morgan fingerprint density at radius 3 is 2.25 bits per heavy atom. The highest BCUT2D eigenvalue weighted by atomic mass is 19.1. The van der Waals surface area contributed by atoms with E-state index >= 15 is 0 Å². The molecule has 3 aromatic rings. The van der Waals surface area contributed by atoms with Gasteiger partial charge in [-0.1, -0.05) is 42.5 Å². The summed E-state index contributed by atoms with van der Waals surface area (Å²) < 4.78 is 13.0. The van der Waals surface area contributed by atoms with Gasteiger partial charge in [-0.05, 0) is 42.0 Å². The fourth-order valence-electron chi connectivity index (χ4n) is 2.68. The summed E-state index contributed by atoms with van der Waals surface area (Å²) in [5.41, 5.74) is 2.29. The number of carbonyl (C=O) groups is 2. The molecule has 0 aromatic heterocycles. The Kier molecular flexibility index (Phi) is 6.01. The normalized spacial score (nSPS) is 10.2. The lowest BCUT2D eigenvalue weighted by molar-refractivity contribution is 0.0951. The zero-order chi connectivity index (χ0) is 19.9. The Balaban J connectivity index is 1.71. The van der Waals surface area contributed by atoms with E-state index in [-0.39, 0.29) is 24.3 Å². The molecule has 0 aliphatic heterocycles.